The van der Waals surface area contributed by atoms with Gasteiger partial charge in [0.15, 0.2) is 0 Å². The van der Waals surface area contributed by atoms with Crippen molar-refractivity contribution in [2.45, 2.75) is 20.8 Å². The molecule has 0 unspecified atom stereocenters. The number of aryl methyl sites for hydroxylation is 2. The molecule has 68 valence electrons. The van der Waals surface area contributed by atoms with Crippen LogP contribution in [0.1, 0.15) is 16.8 Å². The van der Waals surface area contributed by atoms with Crippen LogP contribution in [0.15, 0.2) is 6.20 Å². The third-order valence-corrected chi connectivity index (χ3v) is 1.90. The van der Waals surface area contributed by atoms with Crippen molar-refractivity contribution in [3.8, 4) is 5.75 Å². The van der Waals surface area contributed by atoms with E-state index in [1.54, 1.807) is 7.11 Å². The summed E-state index contributed by atoms with van der Waals surface area (Å²) >= 11 is 0. The number of nitrogens with zero attached hydrogens (tertiary/aromatic N) is 1. The Balaban J connectivity index is 0.00000121. The molecule has 0 aliphatic rings. The Morgan fingerprint density at radius 1 is 1.25 bits per heavy atom. The summed E-state index contributed by atoms with van der Waals surface area (Å²) in [6.07, 6.45) is 1.83. The average Bonchev–Trinajstić information content (AvgIpc) is 1.99. The van der Waals surface area contributed by atoms with E-state index in [9.17, 15) is 0 Å². The minimum atomic E-state index is 0. The van der Waals surface area contributed by atoms with Crippen LogP contribution in [-0.2, 0) is 0 Å². The maximum absolute atomic E-state index is 5.22. The monoisotopic (exact) mass is 187 g/mol. The molecule has 1 heterocycles. The molecule has 3 heteroatoms. The van der Waals surface area contributed by atoms with Gasteiger partial charge in [-0.2, -0.15) is 0 Å². The van der Waals surface area contributed by atoms with Crippen molar-refractivity contribution in [1.82, 2.24) is 4.98 Å². The van der Waals surface area contributed by atoms with Crippen molar-refractivity contribution in [1.29, 1.82) is 0 Å². The van der Waals surface area contributed by atoms with Crippen molar-refractivity contribution in [2.24, 2.45) is 0 Å². The fourth-order valence-electron chi connectivity index (χ4n) is 1.12. The van der Waals surface area contributed by atoms with E-state index in [1.165, 1.54) is 0 Å². The number of halogens is 1. The Bertz CT molecular complexity index is 273. The third-order valence-electron chi connectivity index (χ3n) is 1.90. The lowest BCUT2D eigenvalue weighted by Gasteiger charge is -2.08. The van der Waals surface area contributed by atoms with Crippen molar-refractivity contribution in [3.63, 3.8) is 0 Å². The maximum atomic E-state index is 5.22. The predicted molar refractivity (Wildman–Crippen MR) is 52.2 cm³/mol. The number of methoxy groups -OCH3 is 1. The van der Waals surface area contributed by atoms with Crippen LogP contribution in [0.25, 0.3) is 0 Å². The van der Waals surface area contributed by atoms with Gasteiger partial charge in [-0.3, -0.25) is 4.98 Å². The molecule has 0 N–H and O–H groups in total. The van der Waals surface area contributed by atoms with E-state index in [4.69, 9.17) is 4.74 Å². The van der Waals surface area contributed by atoms with Gasteiger partial charge < -0.3 is 4.74 Å². The quantitative estimate of drug-likeness (QED) is 0.674. The minimum absolute atomic E-state index is 0. The van der Waals surface area contributed by atoms with Gasteiger partial charge in [0.2, 0.25) is 0 Å². The van der Waals surface area contributed by atoms with Gasteiger partial charge in [-0.05, 0) is 20.8 Å². The van der Waals surface area contributed by atoms with Crippen LogP contribution in [0.3, 0.4) is 0 Å². The SMILES string of the molecule is COc1c(C)cnc(C)c1C.Cl. The van der Waals surface area contributed by atoms with E-state index in [-0.39, 0.29) is 12.4 Å². The molecule has 0 aliphatic carbocycles. The molecule has 2 nitrogen and oxygen atoms in total. The Hall–Kier alpha value is -0.760. The Morgan fingerprint density at radius 2 is 1.83 bits per heavy atom. The van der Waals surface area contributed by atoms with Gasteiger partial charge in [0.25, 0.3) is 0 Å². The van der Waals surface area contributed by atoms with Crippen molar-refractivity contribution in [2.75, 3.05) is 7.11 Å². The predicted octanol–water partition coefficient (Wildman–Crippen LogP) is 2.44. The first-order chi connectivity index (χ1) is 5.16. The second kappa shape index (κ2) is 4.31. The molecule has 12 heavy (non-hydrogen) atoms. The summed E-state index contributed by atoms with van der Waals surface area (Å²) < 4.78 is 5.22. The molecule has 0 saturated carbocycles. The van der Waals surface area contributed by atoms with E-state index in [1.807, 2.05) is 27.0 Å². The zero-order valence-corrected chi connectivity index (χ0v) is 8.66. The molecule has 0 saturated heterocycles. The molecule has 0 fully saturated rings. The summed E-state index contributed by atoms with van der Waals surface area (Å²) in [4.78, 5) is 4.21. The van der Waals surface area contributed by atoms with Gasteiger partial charge >= 0.3 is 0 Å². The number of rotatable bonds is 1. The first-order valence-electron chi connectivity index (χ1n) is 3.63. The van der Waals surface area contributed by atoms with Crippen LogP contribution < -0.4 is 4.74 Å². The normalized spacial score (nSPS) is 9.00. The maximum Gasteiger partial charge on any atom is 0.128 e. The Labute approximate surface area is 79.4 Å². The molecule has 0 bridgehead atoms. The van der Waals surface area contributed by atoms with Crippen LogP contribution in [0.4, 0.5) is 0 Å². The first kappa shape index (κ1) is 11.2. The summed E-state index contributed by atoms with van der Waals surface area (Å²) in [5.74, 6) is 0.956. The molecule has 0 spiro atoms. The topological polar surface area (TPSA) is 22.1 Å². The second-order valence-electron chi connectivity index (χ2n) is 2.68. The van der Waals surface area contributed by atoms with Crippen molar-refractivity contribution >= 4 is 12.4 Å². The highest BCUT2D eigenvalue weighted by Gasteiger charge is 2.04. The van der Waals surface area contributed by atoms with E-state index in [2.05, 4.69) is 4.98 Å². The van der Waals surface area contributed by atoms with E-state index >= 15 is 0 Å². The van der Waals surface area contributed by atoms with Gasteiger partial charge in [0, 0.05) is 23.0 Å². The van der Waals surface area contributed by atoms with E-state index in [0.717, 1.165) is 22.6 Å². The lowest BCUT2D eigenvalue weighted by atomic mass is 10.1. The molecular formula is C9H14ClNO. The summed E-state index contributed by atoms with van der Waals surface area (Å²) in [7, 11) is 1.69. The minimum Gasteiger partial charge on any atom is -0.496 e. The summed E-state index contributed by atoms with van der Waals surface area (Å²) in [5.41, 5.74) is 3.26. The summed E-state index contributed by atoms with van der Waals surface area (Å²) in [5, 5.41) is 0. The molecule has 1 rings (SSSR count). The first-order valence-corrected chi connectivity index (χ1v) is 3.63. The summed E-state index contributed by atoms with van der Waals surface area (Å²) in [6.45, 7) is 6.00. The number of hydrogen-bond acceptors (Lipinski definition) is 2. The highest BCUT2D eigenvalue weighted by atomic mass is 35.5. The van der Waals surface area contributed by atoms with Gasteiger partial charge in [0.1, 0.15) is 5.75 Å². The Morgan fingerprint density at radius 3 is 2.25 bits per heavy atom. The lowest BCUT2D eigenvalue weighted by molar-refractivity contribution is 0.407. The molecule has 0 aromatic carbocycles. The third kappa shape index (κ3) is 1.89. The van der Waals surface area contributed by atoms with E-state index in [0.29, 0.717) is 0 Å². The van der Waals surface area contributed by atoms with Gasteiger partial charge in [0.05, 0.1) is 7.11 Å². The van der Waals surface area contributed by atoms with Gasteiger partial charge in [-0.1, -0.05) is 0 Å². The fraction of sp³-hybridized carbons (Fsp3) is 0.444. The molecule has 0 amide bonds. The van der Waals surface area contributed by atoms with Crippen LogP contribution in [0.2, 0.25) is 0 Å². The van der Waals surface area contributed by atoms with Gasteiger partial charge in [-0.25, -0.2) is 0 Å². The fourth-order valence-corrected chi connectivity index (χ4v) is 1.12. The number of ether oxygens (including phenoxy) is 1. The highest BCUT2D eigenvalue weighted by molar-refractivity contribution is 5.85. The molecular weight excluding hydrogens is 174 g/mol. The van der Waals surface area contributed by atoms with Crippen molar-refractivity contribution < 1.29 is 4.74 Å². The standard InChI is InChI=1S/C9H13NO.ClH/c1-6-5-10-8(3)7(2)9(6)11-4;/h5H,1-4H3;1H. The Kier molecular flexibility index (Phi) is 4.04. The van der Waals surface area contributed by atoms with Crippen LogP contribution in [0.5, 0.6) is 5.75 Å². The molecule has 1 aromatic rings. The largest absolute Gasteiger partial charge is 0.496 e. The van der Waals surface area contributed by atoms with Gasteiger partial charge in [-0.15, -0.1) is 12.4 Å². The van der Waals surface area contributed by atoms with Crippen LogP contribution in [-0.4, -0.2) is 12.1 Å². The van der Waals surface area contributed by atoms with E-state index < -0.39 is 0 Å². The molecule has 0 radical (unpaired) electrons. The number of aromatic nitrogens is 1. The molecule has 0 atom stereocenters. The van der Waals surface area contributed by atoms with Crippen LogP contribution in [0, 0.1) is 20.8 Å². The number of hydrogen-bond donors (Lipinski definition) is 0. The summed E-state index contributed by atoms with van der Waals surface area (Å²) in [6, 6.07) is 0. The zero-order valence-electron chi connectivity index (χ0n) is 7.84. The zero-order chi connectivity index (χ0) is 8.43. The lowest BCUT2D eigenvalue weighted by Crippen LogP contribution is -1.95. The number of pyridine rings is 1. The molecule has 1 aromatic heterocycles. The molecule has 0 aliphatic heterocycles. The highest BCUT2D eigenvalue weighted by Crippen LogP contribution is 2.22. The second-order valence-corrected chi connectivity index (χ2v) is 2.68. The average molecular weight is 188 g/mol. The smallest absolute Gasteiger partial charge is 0.128 e. The van der Waals surface area contributed by atoms with Crippen molar-refractivity contribution in [3.05, 3.63) is 23.0 Å². The van der Waals surface area contributed by atoms with Crippen LogP contribution >= 0.6 is 12.4 Å².